The SMILES string of the molecule is CCOC[C@H]1CCCN1C(=O)[C@@H](C)N. The van der Waals surface area contributed by atoms with E-state index in [1.807, 2.05) is 11.8 Å². The molecule has 2 atom stereocenters. The smallest absolute Gasteiger partial charge is 0.239 e. The van der Waals surface area contributed by atoms with Crippen LogP contribution in [0.4, 0.5) is 0 Å². The highest BCUT2D eigenvalue weighted by Gasteiger charge is 2.29. The molecule has 1 aliphatic rings. The fraction of sp³-hybridized carbons (Fsp3) is 0.900. The van der Waals surface area contributed by atoms with Crippen molar-refractivity contribution in [3.63, 3.8) is 0 Å². The van der Waals surface area contributed by atoms with Crippen LogP contribution in [-0.4, -0.2) is 42.6 Å². The van der Waals surface area contributed by atoms with Gasteiger partial charge in [0.2, 0.25) is 5.91 Å². The van der Waals surface area contributed by atoms with Gasteiger partial charge in [-0.05, 0) is 26.7 Å². The predicted octanol–water partition coefficient (Wildman–Crippen LogP) is 0.361. The van der Waals surface area contributed by atoms with Gasteiger partial charge < -0.3 is 15.4 Å². The summed E-state index contributed by atoms with van der Waals surface area (Å²) in [4.78, 5) is 13.5. The van der Waals surface area contributed by atoms with Crippen molar-refractivity contribution in [3.8, 4) is 0 Å². The molecule has 0 aromatic heterocycles. The van der Waals surface area contributed by atoms with Gasteiger partial charge in [-0.2, -0.15) is 0 Å². The second kappa shape index (κ2) is 5.32. The highest BCUT2D eigenvalue weighted by Crippen LogP contribution is 2.18. The largest absolute Gasteiger partial charge is 0.380 e. The van der Waals surface area contributed by atoms with E-state index in [0.29, 0.717) is 13.2 Å². The summed E-state index contributed by atoms with van der Waals surface area (Å²) in [6.45, 7) is 5.88. The van der Waals surface area contributed by atoms with Gasteiger partial charge in [0.1, 0.15) is 0 Å². The second-order valence-corrected chi connectivity index (χ2v) is 3.78. The molecule has 1 rings (SSSR count). The van der Waals surface area contributed by atoms with Gasteiger partial charge in [-0.3, -0.25) is 4.79 Å². The Labute approximate surface area is 85.4 Å². The maximum atomic E-state index is 11.7. The van der Waals surface area contributed by atoms with Crippen molar-refractivity contribution < 1.29 is 9.53 Å². The summed E-state index contributed by atoms with van der Waals surface area (Å²) < 4.78 is 5.34. The number of nitrogens with two attached hydrogens (primary N) is 1. The number of hydrogen-bond donors (Lipinski definition) is 1. The first-order valence-electron chi connectivity index (χ1n) is 5.30. The summed E-state index contributed by atoms with van der Waals surface area (Å²) >= 11 is 0. The zero-order valence-corrected chi connectivity index (χ0v) is 9.03. The first-order valence-corrected chi connectivity index (χ1v) is 5.30. The summed E-state index contributed by atoms with van der Waals surface area (Å²) in [5, 5.41) is 0. The van der Waals surface area contributed by atoms with Gasteiger partial charge in [-0.25, -0.2) is 0 Å². The molecule has 0 aromatic carbocycles. The van der Waals surface area contributed by atoms with Gasteiger partial charge in [-0.15, -0.1) is 0 Å². The normalized spacial score (nSPS) is 23.9. The average molecular weight is 200 g/mol. The Morgan fingerprint density at radius 3 is 3.00 bits per heavy atom. The van der Waals surface area contributed by atoms with Crippen molar-refractivity contribution in [1.29, 1.82) is 0 Å². The Kier molecular flexibility index (Phi) is 4.35. The summed E-state index contributed by atoms with van der Waals surface area (Å²) in [5.41, 5.74) is 5.57. The maximum absolute atomic E-state index is 11.7. The minimum absolute atomic E-state index is 0.0483. The number of nitrogens with zero attached hydrogens (tertiary/aromatic N) is 1. The van der Waals surface area contributed by atoms with Crippen LogP contribution < -0.4 is 5.73 Å². The molecule has 4 nitrogen and oxygen atoms in total. The van der Waals surface area contributed by atoms with Crippen molar-refractivity contribution >= 4 is 5.91 Å². The van der Waals surface area contributed by atoms with Gasteiger partial charge in [-0.1, -0.05) is 0 Å². The van der Waals surface area contributed by atoms with E-state index in [-0.39, 0.29) is 11.9 Å². The van der Waals surface area contributed by atoms with Crippen LogP contribution in [0, 0.1) is 0 Å². The standard InChI is InChI=1S/C10H20N2O2/c1-3-14-7-9-5-4-6-12(9)10(13)8(2)11/h8-9H,3-7,11H2,1-2H3/t8-,9-/m1/s1. The Morgan fingerprint density at radius 1 is 1.71 bits per heavy atom. The monoisotopic (exact) mass is 200 g/mol. The second-order valence-electron chi connectivity index (χ2n) is 3.78. The molecule has 1 amide bonds. The molecule has 0 spiro atoms. The predicted molar refractivity (Wildman–Crippen MR) is 54.9 cm³/mol. The van der Waals surface area contributed by atoms with E-state index in [2.05, 4.69) is 0 Å². The van der Waals surface area contributed by atoms with E-state index >= 15 is 0 Å². The lowest BCUT2D eigenvalue weighted by atomic mass is 10.2. The lowest BCUT2D eigenvalue weighted by Gasteiger charge is -2.25. The third-order valence-electron chi connectivity index (χ3n) is 2.56. The number of ether oxygens (including phenoxy) is 1. The molecule has 2 N–H and O–H groups in total. The first-order chi connectivity index (χ1) is 6.66. The van der Waals surface area contributed by atoms with Crippen LogP contribution >= 0.6 is 0 Å². The molecule has 82 valence electrons. The molecule has 14 heavy (non-hydrogen) atoms. The highest BCUT2D eigenvalue weighted by molar-refractivity contribution is 5.81. The van der Waals surface area contributed by atoms with E-state index in [9.17, 15) is 4.79 Å². The van der Waals surface area contributed by atoms with Gasteiger partial charge >= 0.3 is 0 Å². The van der Waals surface area contributed by atoms with Crippen LogP contribution in [0.3, 0.4) is 0 Å². The third-order valence-corrected chi connectivity index (χ3v) is 2.56. The number of rotatable bonds is 4. The number of hydrogen-bond acceptors (Lipinski definition) is 3. The minimum Gasteiger partial charge on any atom is -0.380 e. The molecule has 0 radical (unpaired) electrons. The Bertz CT molecular complexity index is 195. The van der Waals surface area contributed by atoms with Crippen LogP contribution in [0.1, 0.15) is 26.7 Å². The molecule has 0 unspecified atom stereocenters. The van der Waals surface area contributed by atoms with Gasteiger partial charge in [0.05, 0.1) is 18.7 Å². The van der Waals surface area contributed by atoms with Crippen molar-refractivity contribution in [2.75, 3.05) is 19.8 Å². The highest BCUT2D eigenvalue weighted by atomic mass is 16.5. The summed E-state index contributed by atoms with van der Waals surface area (Å²) in [6, 6.07) is -0.148. The Hall–Kier alpha value is -0.610. The molecule has 0 bridgehead atoms. The fourth-order valence-electron chi connectivity index (χ4n) is 1.81. The van der Waals surface area contributed by atoms with Crippen LogP contribution in [-0.2, 0) is 9.53 Å². The van der Waals surface area contributed by atoms with E-state index in [4.69, 9.17) is 10.5 Å². The first kappa shape index (κ1) is 11.5. The minimum atomic E-state index is -0.391. The zero-order chi connectivity index (χ0) is 10.6. The van der Waals surface area contributed by atoms with Gasteiger partial charge in [0, 0.05) is 13.2 Å². The number of carbonyl (C=O) groups is 1. The Balaban J connectivity index is 2.46. The number of likely N-dealkylation sites (tertiary alicyclic amines) is 1. The quantitative estimate of drug-likeness (QED) is 0.713. The summed E-state index contributed by atoms with van der Waals surface area (Å²) in [6.07, 6.45) is 2.11. The van der Waals surface area contributed by atoms with E-state index in [1.165, 1.54) is 0 Å². The molecule has 0 saturated carbocycles. The molecular weight excluding hydrogens is 180 g/mol. The molecule has 0 aromatic rings. The lowest BCUT2D eigenvalue weighted by molar-refractivity contribution is -0.134. The van der Waals surface area contributed by atoms with Crippen molar-refractivity contribution in [2.24, 2.45) is 5.73 Å². The van der Waals surface area contributed by atoms with E-state index in [1.54, 1.807) is 6.92 Å². The van der Waals surface area contributed by atoms with Crippen LogP contribution in [0.5, 0.6) is 0 Å². The zero-order valence-electron chi connectivity index (χ0n) is 9.03. The molecule has 0 aliphatic carbocycles. The third kappa shape index (κ3) is 2.69. The summed E-state index contributed by atoms with van der Waals surface area (Å²) in [5.74, 6) is 0.0483. The summed E-state index contributed by atoms with van der Waals surface area (Å²) in [7, 11) is 0. The van der Waals surface area contributed by atoms with Crippen molar-refractivity contribution in [2.45, 2.75) is 38.8 Å². The van der Waals surface area contributed by atoms with Crippen LogP contribution in [0.25, 0.3) is 0 Å². The van der Waals surface area contributed by atoms with Crippen LogP contribution in [0.2, 0.25) is 0 Å². The molecule has 1 saturated heterocycles. The number of carbonyl (C=O) groups excluding carboxylic acids is 1. The molecule has 1 aliphatic heterocycles. The van der Waals surface area contributed by atoms with E-state index in [0.717, 1.165) is 19.4 Å². The maximum Gasteiger partial charge on any atom is 0.239 e. The van der Waals surface area contributed by atoms with Crippen molar-refractivity contribution in [3.05, 3.63) is 0 Å². The molecule has 1 heterocycles. The fourth-order valence-corrected chi connectivity index (χ4v) is 1.81. The van der Waals surface area contributed by atoms with E-state index < -0.39 is 6.04 Å². The molecular formula is C10H20N2O2. The van der Waals surface area contributed by atoms with Crippen LogP contribution in [0.15, 0.2) is 0 Å². The topological polar surface area (TPSA) is 55.6 Å². The average Bonchev–Trinajstić information content (AvgIpc) is 2.61. The molecule has 1 fully saturated rings. The van der Waals surface area contributed by atoms with Gasteiger partial charge in [0.15, 0.2) is 0 Å². The van der Waals surface area contributed by atoms with Gasteiger partial charge in [0.25, 0.3) is 0 Å². The molecule has 4 heteroatoms. The Morgan fingerprint density at radius 2 is 2.43 bits per heavy atom. The number of amides is 1. The lowest BCUT2D eigenvalue weighted by Crippen LogP contribution is -2.46. The van der Waals surface area contributed by atoms with Crippen molar-refractivity contribution in [1.82, 2.24) is 4.90 Å².